The van der Waals surface area contributed by atoms with Crippen molar-refractivity contribution in [1.82, 2.24) is 0 Å². The van der Waals surface area contributed by atoms with Gasteiger partial charge in [0.2, 0.25) is 0 Å². The second-order valence-electron chi connectivity index (χ2n) is 8.33. The summed E-state index contributed by atoms with van der Waals surface area (Å²) in [5.74, 6) is 0. The van der Waals surface area contributed by atoms with Gasteiger partial charge in [-0.3, -0.25) is 0 Å². The van der Waals surface area contributed by atoms with Crippen molar-refractivity contribution in [1.29, 1.82) is 0 Å². The van der Waals surface area contributed by atoms with Crippen LogP contribution in [-0.4, -0.2) is 168 Å². The monoisotopic (exact) mass is 504 g/mol. The van der Waals surface area contributed by atoms with E-state index in [9.17, 15) is 56.2 Å². The fraction of sp³-hybridized carbons (Fsp3) is 1.00. The molecule has 0 amide bonds. The minimum atomic E-state index is -1.93. The van der Waals surface area contributed by atoms with Gasteiger partial charge in [0.1, 0.15) is 73.2 Å². The molecule has 3 aliphatic rings. The first-order valence-corrected chi connectivity index (χ1v) is 10.6. The number of aliphatic hydroxyl groups is 11. The molecule has 11 N–H and O–H groups in total. The highest BCUT2D eigenvalue weighted by molar-refractivity contribution is 4.96. The van der Waals surface area contributed by atoms with Crippen LogP contribution in [0.25, 0.3) is 0 Å². The first-order chi connectivity index (χ1) is 16.0. The van der Waals surface area contributed by atoms with E-state index < -0.39 is 112 Å². The lowest BCUT2D eigenvalue weighted by molar-refractivity contribution is -0.378. The maximum atomic E-state index is 10.6. The van der Waals surface area contributed by atoms with Crippen molar-refractivity contribution in [2.75, 3.05) is 19.8 Å². The summed E-state index contributed by atoms with van der Waals surface area (Å²) in [7, 11) is 0. The molecule has 3 heterocycles. The van der Waals surface area contributed by atoms with Crippen molar-refractivity contribution in [3.05, 3.63) is 0 Å². The minimum absolute atomic E-state index is 0.740. The third-order valence-corrected chi connectivity index (χ3v) is 6.09. The van der Waals surface area contributed by atoms with E-state index in [-0.39, 0.29) is 0 Å². The number of hydrogen-bond donors (Lipinski definition) is 11. The second-order valence-corrected chi connectivity index (χ2v) is 8.33. The molecule has 3 fully saturated rings. The van der Waals surface area contributed by atoms with Gasteiger partial charge in [-0.1, -0.05) is 0 Å². The number of aliphatic hydroxyl groups excluding tert-OH is 11. The van der Waals surface area contributed by atoms with Gasteiger partial charge in [0.05, 0.1) is 19.8 Å². The van der Waals surface area contributed by atoms with Gasteiger partial charge >= 0.3 is 0 Å². The van der Waals surface area contributed by atoms with E-state index in [2.05, 4.69) is 0 Å². The SMILES string of the molecule is OC[C@@H]1O[C@@H](O[C@@H]2[C@@H](O)[C@H](O)O[C@H](CO)[C@@H]2O)[C@@H](O)[C@H](O)[C@@H]1O[C@@H]1O[C@H](CO)[C@H](O)[C@H](O)[C@H]1O. The van der Waals surface area contributed by atoms with Gasteiger partial charge in [-0.05, 0) is 0 Å². The highest BCUT2D eigenvalue weighted by Crippen LogP contribution is 2.32. The molecule has 0 aromatic heterocycles. The molecule has 0 spiro atoms. The zero-order chi connectivity index (χ0) is 25.3. The lowest BCUT2D eigenvalue weighted by Gasteiger charge is -2.47. The Balaban J connectivity index is 1.72. The Morgan fingerprint density at radius 3 is 1.47 bits per heavy atom. The zero-order valence-electron chi connectivity index (χ0n) is 17.7. The molecule has 0 aliphatic carbocycles. The van der Waals surface area contributed by atoms with Crippen LogP contribution in [0.5, 0.6) is 0 Å². The fourth-order valence-electron chi connectivity index (χ4n) is 4.05. The summed E-state index contributed by atoms with van der Waals surface area (Å²) in [5, 5.41) is 109. The molecule has 200 valence electrons. The molecular formula is C18H32O16. The van der Waals surface area contributed by atoms with E-state index in [1.165, 1.54) is 0 Å². The molecule has 3 rings (SSSR count). The summed E-state index contributed by atoms with van der Waals surface area (Å²) in [6, 6.07) is 0. The van der Waals surface area contributed by atoms with Crippen molar-refractivity contribution in [3.8, 4) is 0 Å². The molecule has 0 unspecified atom stereocenters. The summed E-state index contributed by atoms with van der Waals surface area (Å²) in [5.41, 5.74) is 0. The standard InChI is InChI=1S/C18H32O16/c19-1-4-7(22)9(24)11(26)17(31-4)33-14-6(3-21)32-18(12(27)10(14)25)34-15-8(23)5(2-20)30-16(29)13(15)28/h4-29H,1-3H2/t4-,5-,6+,7+,8+,9+,10+,11-,12+,13-,14-,15+,16-,17+,18+/m1/s1. The van der Waals surface area contributed by atoms with Crippen LogP contribution in [0.4, 0.5) is 0 Å². The second kappa shape index (κ2) is 11.6. The molecule has 0 bridgehead atoms. The highest BCUT2D eigenvalue weighted by atomic mass is 16.7. The van der Waals surface area contributed by atoms with Gasteiger partial charge in [0.15, 0.2) is 18.9 Å². The summed E-state index contributed by atoms with van der Waals surface area (Å²) < 4.78 is 26.2. The fourth-order valence-corrected chi connectivity index (χ4v) is 4.05. The molecule has 16 heteroatoms. The van der Waals surface area contributed by atoms with Crippen LogP contribution in [0, 0.1) is 0 Å². The molecule has 34 heavy (non-hydrogen) atoms. The molecule has 0 aromatic rings. The first-order valence-electron chi connectivity index (χ1n) is 10.6. The van der Waals surface area contributed by atoms with Gasteiger partial charge in [-0.15, -0.1) is 0 Å². The van der Waals surface area contributed by atoms with Crippen LogP contribution in [0.1, 0.15) is 0 Å². The van der Waals surface area contributed by atoms with Crippen LogP contribution in [0.15, 0.2) is 0 Å². The summed E-state index contributed by atoms with van der Waals surface area (Å²) >= 11 is 0. The van der Waals surface area contributed by atoms with Gasteiger partial charge in [0, 0.05) is 0 Å². The van der Waals surface area contributed by atoms with Crippen LogP contribution in [0.2, 0.25) is 0 Å². The van der Waals surface area contributed by atoms with E-state index in [0.717, 1.165) is 0 Å². The molecule has 16 nitrogen and oxygen atoms in total. The smallest absolute Gasteiger partial charge is 0.187 e. The molecule has 0 radical (unpaired) electrons. The summed E-state index contributed by atoms with van der Waals surface area (Å²) in [6.07, 6.45) is -25.3. The summed E-state index contributed by atoms with van der Waals surface area (Å²) in [4.78, 5) is 0. The Hall–Kier alpha value is -0.640. The molecule has 0 saturated carbocycles. The Kier molecular flexibility index (Phi) is 9.54. The quantitative estimate of drug-likeness (QED) is 0.154. The van der Waals surface area contributed by atoms with Crippen molar-refractivity contribution in [2.45, 2.75) is 92.1 Å². The van der Waals surface area contributed by atoms with Crippen molar-refractivity contribution in [3.63, 3.8) is 0 Å². The molecule has 15 atom stereocenters. The average Bonchev–Trinajstić information content (AvgIpc) is 2.83. The predicted octanol–water partition coefficient (Wildman–Crippen LogP) is -7.57. The molecular weight excluding hydrogens is 472 g/mol. The third-order valence-electron chi connectivity index (χ3n) is 6.09. The zero-order valence-corrected chi connectivity index (χ0v) is 17.7. The van der Waals surface area contributed by atoms with Crippen LogP contribution < -0.4 is 0 Å². The van der Waals surface area contributed by atoms with Gasteiger partial charge in [0.25, 0.3) is 0 Å². The van der Waals surface area contributed by atoms with E-state index in [0.29, 0.717) is 0 Å². The van der Waals surface area contributed by atoms with Gasteiger partial charge in [-0.2, -0.15) is 0 Å². The largest absolute Gasteiger partial charge is 0.394 e. The van der Waals surface area contributed by atoms with Gasteiger partial charge < -0.3 is 79.9 Å². The topological polar surface area (TPSA) is 269 Å². The number of rotatable bonds is 7. The number of ether oxygens (including phenoxy) is 5. The van der Waals surface area contributed by atoms with Crippen molar-refractivity contribution in [2.24, 2.45) is 0 Å². The highest BCUT2D eigenvalue weighted by Gasteiger charge is 2.53. The molecule has 3 saturated heterocycles. The minimum Gasteiger partial charge on any atom is -0.394 e. The van der Waals surface area contributed by atoms with Crippen LogP contribution in [-0.2, 0) is 23.7 Å². The first kappa shape index (κ1) is 27.9. The Labute approximate surface area is 192 Å². The maximum Gasteiger partial charge on any atom is 0.187 e. The van der Waals surface area contributed by atoms with E-state index in [1.807, 2.05) is 0 Å². The van der Waals surface area contributed by atoms with Crippen LogP contribution >= 0.6 is 0 Å². The number of hydrogen-bond acceptors (Lipinski definition) is 16. The molecule has 3 aliphatic heterocycles. The van der Waals surface area contributed by atoms with Crippen molar-refractivity contribution >= 4 is 0 Å². The van der Waals surface area contributed by atoms with Crippen molar-refractivity contribution < 1.29 is 79.9 Å². The Bertz CT molecular complexity index is 637. The lowest BCUT2D eigenvalue weighted by Crippen LogP contribution is -2.66. The normalized spacial score (nSPS) is 52.5. The maximum absolute atomic E-state index is 10.6. The lowest BCUT2D eigenvalue weighted by atomic mass is 9.96. The third kappa shape index (κ3) is 5.37. The average molecular weight is 504 g/mol. The molecule has 0 aromatic carbocycles. The predicted molar refractivity (Wildman–Crippen MR) is 101 cm³/mol. The van der Waals surface area contributed by atoms with E-state index >= 15 is 0 Å². The van der Waals surface area contributed by atoms with Gasteiger partial charge in [-0.25, -0.2) is 0 Å². The Morgan fingerprint density at radius 1 is 0.441 bits per heavy atom. The summed E-state index contributed by atoms with van der Waals surface area (Å²) in [6.45, 7) is -2.31. The Morgan fingerprint density at radius 2 is 0.912 bits per heavy atom. The van der Waals surface area contributed by atoms with Crippen LogP contribution in [0.3, 0.4) is 0 Å². The van der Waals surface area contributed by atoms with E-state index in [4.69, 9.17) is 23.7 Å². The van der Waals surface area contributed by atoms with E-state index in [1.54, 1.807) is 0 Å².